The average molecular weight is 447 g/mol. The molecule has 0 saturated carbocycles. The summed E-state index contributed by atoms with van der Waals surface area (Å²) in [6, 6.07) is 0. The number of aromatic nitrogens is 4. The van der Waals surface area contributed by atoms with Gasteiger partial charge in [-0.25, -0.2) is 0 Å². The molecule has 6 nitrogen and oxygen atoms in total. The van der Waals surface area contributed by atoms with Gasteiger partial charge in [0.25, 0.3) is 0 Å². The number of hydrogen-bond donors (Lipinski definition) is 0. The summed E-state index contributed by atoms with van der Waals surface area (Å²) in [5.74, 6) is 0. The largest absolute Gasteiger partial charge is 0.359 e. The molecule has 0 aliphatic carbocycles. The standard InChI is InChI=1S/C18H18N6S4/c1-3-4-5-18(2,12-10-27-16(21-12)23-14-19-6-8-25-14)13-11-28-17(22-13)24-15-20-7-9-26-15/h6-11H,3-5H2,1-2H3/q-2. The van der Waals surface area contributed by atoms with Crippen molar-refractivity contribution in [3.63, 3.8) is 0 Å². The van der Waals surface area contributed by atoms with Gasteiger partial charge in [0.2, 0.25) is 0 Å². The number of nitrogens with zero attached hydrogens (tertiary/aromatic N) is 6. The van der Waals surface area contributed by atoms with E-state index in [0.717, 1.165) is 51.2 Å². The highest BCUT2D eigenvalue weighted by molar-refractivity contribution is 7.17. The van der Waals surface area contributed by atoms with Crippen molar-refractivity contribution in [3.8, 4) is 0 Å². The maximum absolute atomic E-state index is 4.81. The lowest BCUT2D eigenvalue weighted by molar-refractivity contribution is 0.474. The van der Waals surface area contributed by atoms with Gasteiger partial charge in [-0.1, -0.05) is 26.7 Å². The van der Waals surface area contributed by atoms with Crippen molar-refractivity contribution in [2.75, 3.05) is 0 Å². The minimum atomic E-state index is -0.268. The lowest BCUT2D eigenvalue weighted by Crippen LogP contribution is -2.24. The van der Waals surface area contributed by atoms with Crippen LogP contribution >= 0.6 is 45.3 Å². The molecule has 0 aromatic carbocycles. The molecule has 0 bridgehead atoms. The highest BCUT2D eigenvalue weighted by Crippen LogP contribution is 2.44. The molecular weight excluding hydrogens is 429 g/mol. The Labute approximate surface area is 179 Å². The van der Waals surface area contributed by atoms with E-state index in [1.165, 1.54) is 22.7 Å². The molecule has 4 rings (SSSR count). The van der Waals surface area contributed by atoms with Gasteiger partial charge < -0.3 is 30.6 Å². The van der Waals surface area contributed by atoms with E-state index in [2.05, 4.69) is 45.2 Å². The van der Waals surface area contributed by atoms with Crippen LogP contribution < -0.4 is 0 Å². The van der Waals surface area contributed by atoms with E-state index < -0.39 is 0 Å². The third kappa shape index (κ3) is 4.24. The van der Waals surface area contributed by atoms with Crippen LogP contribution in [-0.4, -0.2) is 19.9 Å². The Balaban J connectivity index is 1.59. The molecule has 0 fully saturated rings. The fraction of sp³-hybridized carbons (Fsp3) is 0.333. The van der Waals surface area contributed by atoms with E-state index in [4.69, 9.17) is 9.97 Å². The second kappa shape index (κ2) is 8.64. The van der Waals surface area contributed by atoms with Crippen molar-refractivity contribution in [2.24, 2.45) is 0 Å². The zero-order valence-corrected chi connectivity index (χ0v) is 18.7. The molecule has 0 radical (unpaired) electrons. The van der Waals surface area contributed by atoms with Gasteiger partial charge in [0.1, 0.15) is 0 Å². The molecule has 0 saturated heterocycles. The molecule has 0 amide bonds. The Morgan fingerprint density at radius 2 is 1.36 bits per heavy atom. The van der Waals surface area contributed by atoms with Gasteiger partial charge in [0, 0.05) is 5.41 Å². The topological polar surface area (TPSA) is 79.8 Å². The monoisotopic (exact) mass is 446 g/mol. The first kappa shape index (κ1) is 19.4. The lowest BCUT2D eigenvalue weighted by Gasteiger charge is -2.30. The van der Waals surface area contributed by atoms with E-state index in [-0.39, 0.29) is 5.41 Å². The highest BCUT2D eigenvalue weighted by atomic mass is 32.1. The summed E-state index contributed by atoms with van der Waals surface area (Å²) < 4.78 is 0. The van der Waals surface area contributed by atoms with Gasteiger partial charge in [-0.2, -0.15) is 0 Å². The van der Waals surface area contributed by atoms with Crippen LogP contribution in [0, 0.1) is 0 Å². The minimum absolute atomic E-state index is 0.268. The molecule has 4 heterocycles. The van der Waals surface area contributed by atoms with Crippen LogP contribution in [0.15, 0.2) is 33.9 Å². The van der Waals surface area contributed by atoms with Crippen LogP contribution in [0.25, 0.3) is 10.6 Å². The Kier molecular flexibility index (Phi) is 6.00. The number of unbranched alkanes of at least 4 members (excludes halogenated alkanes) is 1. The van der Waals surface area contributed by atoms with Crippen LogP contribution in [-0.2, 0) is 5.41 Å². The van der Waals surface area contributed by atoms with E-state index in [9.17, 15) is 0 Å². The molecule has 146 valence electrons. The third-order valence-electron chi connectivity index (χ3n) is 4.37. The van der Waals surface area contributed by atoms with Gasteiger partial charge >= 0.3 is 0 Å². The van der Waals surface area contributed by atoms with Crippen molar-refractivity contribution in [2.45, 2.75) is 38.5 Å². The van der Waals surface area contributed by atoms with Crippen molar-refractivity contribution in [1.82, 2.24) is 19.9 Å². The number of hydrogen-bond acceptors (Lipinski definition) is 8. The molecule has 0 atom stereocenters. The summed E-state index contributed by atoms with van der Waals surface area (Å²) in [6.45, 7) is 4.42. The predicted octanol–water partition coefficient (Wildman–Crippen LogP) is 7.68. The molecule has 0 N–H and O–H groups in total. The molecule has 0 aliphatic rings. The lowest BCUT2D eigenvalue weighted by atomic mass is 9.79. The van der Waals surface area contributed by atoms with Crippen LogP contribution in [0.5, 0.6) is 0 Å². The van der Waals surface area contributed by atoms with E-state index in [1.807, 2.05) is 10.8 Å². The first-order chi connectivity index (χ1) is 13.7. The predicted molar refractivity (Wildman–Crippen MR) is 120 cm³/mol. The maximum Gasteiger partial charge on any atom is 0.0666 e. The van der Waals surface area contributed by atoms with Crippen LogP contribution in [0.4, 0.5) is 20.5 Å². The summed E-state index contributed by atoms with van der Waals surface area (Å²) in [5.41, 5.74) is 1.75. The average Bonchev–Trinajstić information content (AvgIpc) is 3.48. The maximum atomic E-state index is 4.81. The summed E-state index contributed by atoms with van der Waals surface area (Å²) in [5, 5.41) is 20.0. The Bertz CT molecular complexity index is 915. The van der Waals surface area contributed by atoms with Crippen molar-refractivity contribution >= 4 is 65.9 Å². The van der Waals surface area contributed by atoms with Crippen LogP contribution in [0.2, 0.25) is 0 Å². The van der Waals surface area contributed by atoms with Crippen molar-refractivity contribution in [3.05, 3.63) is 55.9 Å². The third-order valence-corrected chi connectivity index (χ3v) is 7.17. The zero-order chi connectivity index (χ0) is 19.4. The van der Waals surface area contributed by atoms with Crippen LogP contribution in [0.1, 0.15) is 44.5 Å². The molecule has 0 aliphatic heterocycles. The highest BCUT2D eigenvalue weighted by Gasteiger charge is 2.29. The van der Waals surface area contributed by atoms with Gasteiger partial charge in [-0.15, -0.1) is 45.3 Å². The quantitative estimate of drug-likeness (QED) is 0.264. The fourth-order valence-electron chi connectivity index (χ4n) is 2.76. The fourth-order valence-corrected chi connectivity index (χ4v) is 5.53. The van der Waals surface area contributed by atoms with Crippen LogP contribution in [0.3, 0.4) is 0 Å². The normalized spacial score (nSPS) is 11.6. The Morgan fingerprint density at radius 1 is 0.821 bits per heavy atom. The minimum Gasteiger partial charge on any atom is -0.359 e. The summed E-state index contributed by atoms with van der Waals surface area (Å²) in [4.78, 5) is 18.1. The second-order valence-electron chi connectivity index (χ2n) is 6.32. The second-order valence-corrected chi connectivity index (χ2v) is 9.74. The van der Waals surface area contributed by atoms with Crippen molar-refractivity contribution < 1.29 is 0 Å². The molecule has 28 heavy (non-hydrogen) atoms. The summed E-state index contributed by atoms with van der Waals surface area (Å²) in [7, 11) is 0. The molecule has 10 heteroatoms. The Hall–Kier alpha value is -1.88. The first-order valence-corrected chi connectivity index (χ1v) is 12.3. The Morgan fingerprint density at radius 3 is 1.79 bits per heavy atom. The summed E-state index contributed by atoms with van der Waals surface area (Å²) in [6.07, 6.45) is 6.71. The molecule has 0 unspecified atom stereocenters. The smallest absolute Gasteiger partial charge is 0.0666 e. The summed E-state index contributed by atoms with van der Waals surface area (Å²) >= 11 is 6.11. The number of thiazole rings is 4. The first-order valence-electron chi connectivity index (χ1n) is 8.82. The molecule has 4 aromatic heterocycles. The zero-order valence-electron chi connectivity index (χ0n) is 15.4. The van der Waals surface area contributed by atoms with Crippen molar-refractivity contribution in [1.29, 1.82) is 0 Å². The molecule has 4 aromatic rings. The SMILES string of the molecule is CCCCC(C)(c1csc([N-]c2nccs2)n1)c1csc([N-]c2nccs2)n1. The van der Waals surface area contributed by atoms with Gasteiger partial charge in [-0.05, 0) is 51.7 Å². The van der Waals surface area contributed by atoms with Gasteiger partial charge in [-0.3, -0.25) is 0 Å². The number of rotatable bonds is 9. The van der Waals surface area contributed by atoms with Gasteiger partial charge in [0.15, 0.2) is 0 Å². The van der Waals surface area contributed by atoms with Gasteiger partial charge in [0.05, 0.1) is 20.5 Å². The van der Waals surface area contributed by atoms with E-state index >= 15 is 0 Å². The van der Waals surface area contributed by atoms with E-state index in [0.29, 0.717) is 0 Å². The molecular formula is C18H18N6S4-2. The van der Waals surface area contributed by atoms with E-state index in [1.54, 1.807) is 35.1 Å². The molecule has 0 spiro atoms.